The summed E-state index contributed by atoms with van der Waals surface area (Å²) in [5.74, 6) is 1.10. The molecule has 0 bridgehead atoms. The van der Waals surface area contributed by atoms with Crippen LogP contribution in [-0.2, 0) is 4.79 Å². The first-order chi connectivity index (χ1) is 11.4. The summed E-state index contributed by atoms with van der Waals surface area (Å²) in [6.07, 6.45) is 2.70. The van der Waals surface area contributed by atoms with Crippen molar-refractivity contribution in [3.63, 3.8) is 0 Å². The molecular weight excluding hydrogens is 304 g/mol. The van der Waals surface area contributed by atoms with Crippen LogP contribution in [0.25, 0.3) is 0 Å². The molecule has 1 amide bonds. The van der Waals surface area contributed by atoms with Gasteiger partial charge in [-0.05, 0) is 30.7 Å². The second kappa shape index (κ2) is 7.56. The highest BCUT2D eigenvalue weighted by Crippen LogP contribution is 2.28. The molecule has 4 N–H and O–H groups in total. The van der Waals surface area contributed by atoms with Crippen LogP contribution in [0.15, 0.2) is 43.2 Å². The highest BCUT2D eigenvalue weighted by Gasteiger charge is 2.10. The molecule has 0 aliphatic carbocycles. The van der Waals surface area contributed by atoms with Crippen molar-refractivity contribution in [3.05, 3.63) is 48.8 Å². The number of carbonyl (C=O) groups is 1. The summed E-state index contributed by atoms with van der Waals surface area (Å²) in [5.41, 5.74) is 8.15. The number of amides is 1. The Hall–Kier alpha value is -2.93. The Morgan fingerprint density at radius 2 is 2.04 bits per heavy atom. The minimum atomic E-state index is -0.295. The van der Waals surface area contributed by atoms with Gasteiger partial charge in [-0.3, -0.25) is 4.79 Å². The van der Waals surface area contributed by atoms with Gasteiger partial charge in [0.25, 0.3) is 0 Å². The fourth-order valence-electron chi connectivity index (χ4n) is 2.04. The highest BCUT2D eigenvalue weighted by molar-refractivity contribution is 6.01. The molecule has 2 aromatic rings. The molecule has 0 aliphatic rings. The second-order valence-electron chi connectivity index (χ2n) is 5.57. The minimum absolute atomic E-state index is 0.141. The van der Waals surface area contributed by atoms with Crippen LogP contribution in [0.4, 0.5) is 23.0 Å². The van der Waals surface area contributed by atoms with Gasteiger partial charge < -0.3 is 21.3 Å². The van der Waals surface area contributed by atoms with Gasteiger partial charge in [0.1, 0.15) is 18.0 Å². The average molecular weight is 326 g/mol. The molecule has 7 heteroatoms. The molecule has 2 rings (SSSR count). The fraction of sp³-hybridized carbons (Fsp3) is 0.235. The normalized spacial score (nSPS) is 11.5. The van der Waals surface area contributed by atoms with Crippen LogP contribution in [0.5, 0.6) is 0 Å². The van der Waals surface area contributed by atoms with Gasteiger partial charge in [-0.2, -0.15) is 0 Å². The Balaban J connectivity index is 2.36. The van der Waals surface area contributed by atoms with Crippen molar-refractivity contribution in [1.29, 1.82) is 0 Å². The van der Waals surface area contributed by atoms with Gasteiger partial charge in [0, 0.05) is 26.2 Å². The molecule has 1 aromatic heterocycles. The maximum Gasteiger partial charge on any atom is 0.247 e. The first-order valence-corrected chi connectivity index (χ1v) is 7.50. The van der Waals surface area contributed by atoms with Crippen molar-refractivity contribution in [2.24, 2.45) is 5.73 Å². The maximum absolute atomic E-state index is 11.7. The quantitative estimate of drug-likeness (QED) is 0.706. The zero-order chi connectivity index (χ0) is 17.7. The Bertz CT molecular complexity index is 742. The Morgan fingerprint density at radius 3 is 2.67 bits per heavy atom. The van der Waals surface area contributed by atoms with Crippen molar-refractivity contribution in [2.45, 2.75) is 13.0 Å². The van der Waals surface area contributed by atoms with E-state index >= 15 is 0 Å². The molecule has 24 heavy (non-hydrogen) atoms. The van der Waals surface area contributed by atoms with E-state index in [1.54, 1.807) is 0 Å². The number of benzene rings is 1. The molecule has 1 unspecified atom stereocenters. The third-order valence-corrected chi connectivity index (χ3v) is 3.39. The van der Waals surface area contributed by atoms with E-state index < -0.39 is 0 Å². The van der Waals surface area contributed by atoms with E-state index in [2.05, 4.69) is 27.2 Å². The predicted molar refractivity (Wildman–Crippen MR) is 97.5 cm³/mol. The molecule has 0 saturated carbocycles. The fourth-order valence-corrected chi connectivity index (χ4v) is 2.04. The van der Waals surface area contributed by atoms with Crippen molar-refractivity contribution in [1.82, 2.24) is 9.97 Å². The Kier molecular flexibility index (Phi) is 5.49. The van der Waals surface area contributed by atoms with Crippen LogP contribution >= 0.6 is 0 Å². The van der Waals surface area contributed by atoms with Gasteiger partial charge in [0.05, 0.1) is 11.4 Å². The zero-order valence-corrected chi connectivity index (χ0v) is 14.1. The number of anilines is 4. The topological polar surface area (TPSA) is 96.2 Å². The van der Waals surface area contributed by atoms with E-state index in [4.69, 9.17) is 5.73 Å². The number of nitrogens with zero attached hydrogens (tertiary/aromatic N) is 3. The lowest BCUT2D eigenvalue weighted by atomic mass is 10.1. The number of carbonyl (C=O) groups excluding carboxylic acids is 1. The number of hydrogen-bond donors (Lipinski definition) is 3. The Labute approximate surface area is 141 Å². The number of rotatable bonds is 6. The first kappa shape index (κ1) is 17.4. The SMILES string of the molecule is C=CC(=O)Nc1cc(C(C)N)ccc1Nc1cc(N(C)C)ncn1. The first-order valence-electron chi connectivity index (χ1n) is 7.50. The monoisotopic (exact) mass is 326 g/mol. The van der Waals surface area contributed by atoms with Gasteiger partial charge in [-0.25, -0.2) is 9.97 Å². The summed E-state index contributed by atoms with van der Waals surface area (Å²) in [7, 11) is 3.80. The van der Waals surface area contributed by atoms with Crippen LogP contribution in [-0.4, -0.2) is 30.0 Å². The van der Waals surface area contributed by atoms with Gasteiger partial charge in [-0.1, -0.05) is 12.6 Å². The van der Waals surface area contributed by atoms with Gasteiger partial charge in [0.15, 0.2) is 0 Å². The lowest BCUT2D eigenvalue weighted by molar-refractivity contribution is -0.111. The van der Waals surface area contributed by atoms with Crippen molar-refractivity contribution in [3.8, 4) is 0 Å². The molecular formula is C17H22N6O. The second-order valence-corrected chi connectivity index (χ2v) is 5.57. The molecule has 1 heterocycles. The molecule has 0 saturated heterocycles. The Morgan fingerprint density at radius 1 is 1.29 bits per heavy atom. The third-order valence-electron chi connectivity index (χ3n) is 3.39. The number of nitrogens with one attached hydrogen (secondary N) is 2. The zero-order valence-electron chi connectivity index (χ0n) is 14.1. The molecule has 0 aliphatic heterocycles. The molecule has 0 spiro atoms. The highest BCUT2D eigenvalue weighted by atomic mass is 16.1. The van der Waals surface area contributed by atoms with Crippen LogP contribution in [0, 0.1) is 0 Å². The van der Waals surface area contributed by atoms with E-state index in [0.717, 1.165) is 11.4 Å². The van der Waals surface area contributed by atoms with Crippen LogP contribution in [0.2, 0.25) is 0 Å². The van der Waals surface area contributed by atoms with Crippen molar-refractivity contribution < 1.29 is 4.79 Å². The van der Waals surface area contributed by atoms with Gasteiger partial charge >= 0.3 is 0 Å². The molecule has 1 aromatic carbocycles. The van der Waals surface area contributed by atoms with E-state index in [1.807, 2.05) is 50.2 Å². The third kappa shape index (κ3) is 4.30. The summed E-state index contributed by atoms with van der Waals surface area (Å²) < 4.78 is 0. The summed E-state index contributed by atoms with van der Waals surface area (Å²) in [4.78, 5) is 22.0. The van der Waals surface area contributed by atoms with Gasteiger partial charge in [-0.15, -0.1) is 0 Å². The summed E-state index contributed by atoms with van der Waals surface area (Å²) in [6, 6.07) is 7.28. The van der Waals surface area contributed by atoms with E-state index in [-0.39, 0.29) is 11.9 Å². The standard InChI is InChI=1S/C17H22N6O/c1-5-17(24)22-14-8-12(11(2)18)6-7-13(14)21-15-9-16(23(3)4)20-10-19-15/h5-11H,1,18H2,2-4H3,(H,22,24)(H,19,20,21). The van der Waals surface area contributed by atoms with E-state index in [1.165, 1.54) is 12.4 Å². The number of nitrogens with two attached hydrogens (primary N) is 1. The summed E-state index contributed by atoms with van der Waals surface area (Å²) >= 11 is 0. The van der Waals surface area contributed by atoms with Crippen molar-refractivity contribution >= 4 is 28.9 Å². The van der Waals surface area contributed by atoms with E-state index in [9.17, 15) is 4.79 Å². The molecule has 1 atom stereocenters. The lowest BCUT2D eigenvalue weighted by Gasteiger charge is -2.16. The number of aromatic nitrogens is 2. The smallest absolute Gasteiger partial charge is 0.247 e. The van der Waals surface area contributed by atoms with Crippen LogP contribution in [0.3, 0.4) is 0 Å². The predicted octanol–water partition coefficient (Wildman–Crippen LogP) is 2.43. The van der Waals surface area contributed by atoms with E-state index in [0.29, 0.717) is 17.2 Å². The molecule has 126 valence electrons. The van der Waals surface area contributed by atoms with Crippen molar-refractivity contribution in [2.75, 3.05) is 29.6 Å². The largest absolute Gasteiger partial charge is 0.363 e. The summed E-state index contributed by atoms with van der Waals surface area (Å²) in [6.45, 7) is 5.36. The van der Waals surface area contributed by atoms with Crippen LogP contribution < -0.4 is 21.3 Å². The van der Waals surface area contributed by atoms with Crippen LogP contribution in [0.1, 0.15) is 18.5 Å². The average Bonchev–Trinajstić information content (AvgIpc) is 2.56. The minimum Gasteiger partial charge on any atom is -0.363 e. The lowest BCUT2D eigenvalue weighted by Crippen LogP contribution is -2.13. The maximum atomic E-state index is 11.7. The summed E-state index contributed by atoms with van der Waals surface area (Å²) in [5, 5.41) is 5.98. The molecule has 0 radical (unpaired) electrons. The molecule has 7 nitrogen and oxygen atoms in total. The number of hydrogen-bond acceptors (Lipinski definition) is 6. The van der Waals surface area contributed by atoms with Gasteiger partial charge in [0.2, 0.25) is 5.91 Å². The molecule has 0 fully saturated rings.